The Balaban J connectivity index is 2.04. The summed E-state index contributed by atoms with van der Waals surface area (Å²) in [6.07, 6.45) is 3.80. The van der Waals surface area contributed by atoms with Crippen LogP contribution in [0.2, 0.25) is 0 Å². The third-order valence-corrected chi connectivity index (χ3v) is 5.84. The van der Waals surface area contributed by atoms with Gasteiger partial charge in [0.15, 0.2) is 0 Å². The summed E-state index contributed by atoms with van der Waals surface area (Å²) in [5.41, 5.74) is 6.43. The number of nitrogens with one attached hydrogen (secondary N) is 1. The van der Waals surface area contributed by atoms with Crippen LogP contribution < -0.4 is 10.5 Å². The lowest BCUT2D eigenvalue weighted by atomic mass is 10.0. The Morgan fingerprint density at radius 1 is 1.25 bits per heavy atom. The highest BCUT2D eigenvalue weighted by atomic mass is 32.2. The molecule has 0 saturated heterocycles. The van der Waals surface area contributed by atoms with E-state index >= 15 is 0 Å². The molecule has 1 aliphatic rings. The summed E-state index contributed by atoms with van der Waals surface area (Å²) in [7, 11) is -3.31. The molecule has 20 heavy (non-hydrogen) atoms. The molecule has 1 unspecified atom stereocenters. The van der Waals surface area contributed by atoms with Crippen LogP contribution in [0.3, 0.4) is 0 Å². The van der Waals surface area contributed by atoms with Crippen LogP contribution in [-0.4, -0.2) is 26.3 Å². The minimum absolute atomic E-state index is 0.0232. The smallest absolute Gasteiger partial charge is 0.212 e. The van der Waals surface area contributed by atoms with E-state index in [1.165, 1.54) is 0 Å². The first-order chi connectivity index (χ1) is 9.46. The van der Waals surface area contributed by atoms with Crippen LogP contribution in [-0.2, 0) is 10.0 Å². The number of sulfonamides is 1. The van der Waals surface area contributed by atoms with E-state index in [0.717, 1.165) is 31.2 Å². The molecule has 1 aliphatic carbocycles. The molecule has 0 radical (unpaired) electrons. The SMILES string of the molecule is CC(CS(=O)(=O)NC1(CN)CCCC1)c1ccccc1. The highest BCUT2D eigenvalue weighted by Crippen LogP contribution is 2.30. The lowest BCUT2D eigenvalue weighted by Crippen LogP contribution is -2.52. The van der Waals surface area contributed by atoms with E-state index in [2.05, 4.69) is 4.72 Å². The van der Waals surface area contributed by atoms with E-state index in [0.29, 0.717) is 6.54 Å². The molecular weight excluding hydrogens is 272 g/mol. The van der Waals surface area contributed by atoms with Crippen molar-refractivity contribution in [3.05, 3.63) is 35.9 Å². The molecule has 1 aromatic carbocycles. The number of hydrogen-bond donors (Lipinski definition) is 2. The highest BCUT2D eigenvalue weighted by molar-refractivity contribution is 7.89. The van der Waals surface area contributed by atoms with Gasteiger partial charge in [-0.15, -0.1) is 0 Å². The molecule has 5 heteroatoms. The van der Waals surface area contributed by atoms with Crippen LogP contribution >= 0.6 is 0 Å². The molecule has 0 bridgehead atoms. The van der Waals surface area contributed by atoms with Crippen molar-refractivity contribution in [3.8, 4) is 0 Å². The third kappa shape index (κ3) is 3.81. The largest absolute Gasteiger partial charge is 0.329 e. The van der Waals surface area contributed by atoms with Gasteiger partial charge in [-0.25, -0.2) is 13.1 Å². The van der Waals surface area contributed by atoms with Crippen molar-refractivity contribution in [2.24, 2.45) is 5.73 Å². The second-order valence-electron chi connectivity index (χ2n) is 5.89. The number of nitrogens with two attached hydrogens (primary N) is 1. The van der Waals surface area contributed by atoms with Gasteiger partial charge in [-0.3, -0.25) is 0 Å². The van der Waals surface area contributed by atoms with Gasteiger partial charge in [0.2, 0.25) is 10.0 Å². The van der Waals surface area contributed by atoms with Gasteiger partial charge in [0.05, 0.1) is 5.75 Å². The summed E-state index contributed by atoms with van der Waals surface area (Å²) in [6, 6.07) is 9.74. The Morgan fingerprint density at radius 2 is 1.85 bits per heavy atom. The molecule has 1 aromatic rings. The van der Waals surface area contributed by atoms with Crippen molar-refractivity contribution in [1.29, 1.82) is 0 Å². The second kappa shape index (κ2) is 6.24. The molecule has 1 atom stereocenters. The molecule has 1 fully saturated rings. The van der Waals surface area contributed by atoms with E-state index in [9.17, 15) is 8.42 Å². The predicted molar refractivity (Wildman–Crippen MR) is 82.0 cm³/mol. The summed E-state index contributed by atoms with van der Waals surface area (Å²) in [6.45, 7) is 2.32. The van der Waals surface area contributed by atoms with E-state index in [4.69, 9.17) is 5.73 Å². The maximum atomic E-state index is 12.4. The first-order valence-corrected chi connectivity index (χ1v) is 8.88. The minimum atomic E-state index is -3.31. The zero-order chi connectivity index (χ0) is 14.6. The van der Waals surface area contributed by atoms with Crippen molar-refractivity contribution in [1.82, 2.24) is 4.72 Å². The number of hydrogen-bond acceptors (Lipinski definition) is 3. The molecular formula is C15H24N2O2S. The lowest BCUT2D eigenvalue weighted by Gasteiger charge is -2.29. The normalized spacial score (nSPS) is 19.9. The van der Waals surface area contributed by atoms with E-state index in [1.54, 1.807) is 0 Å². The van der Waals surface area contributed by atoms with E-state index < -0.39 is 15.6 Å². The van der Waals surface area contributed by atoms with Crippen molar-refractivity contribution < 1.29 is 8.42 Å². The van der Waals surface area contributed by atoms with Gasteiger partial charge in [0.1, 0.15) is 0 Å². The summed E-state index contributed by atoms with van der Waals surface area (Å²) in [5, 5.41) is 0. The maximum Gasteiger partial charge on any atom is 0.212 e. The van der Waals surface area contributed by atoms with Crippen LogP contribution in [0, 0.1) is 0 Å². The average Bonchev–Trinajstić information content (AvgIpc) is 2.87. The molecule has 0 aromatic heterocycles. The van der Waals surface area contributed by atoms with Gasteiger partial charge >= 0.3 is 0 Å². The fourth-order valence-corrected chi connectivity index (χ4v) is 4.86. The van der Waals surface area contributed by atoms with Gasteiger partial charge in [-0.05, 0) is 24.3 Å². The minimum Gasteiger partial charge on any atom is -0.329 e. The summed E-state index contributed by atoms with van der Waals surface area (Å²) < 4.78 is 27.6. The van der Waals surface area contributed by atoms with Crippen LogP contribution in [0.1, 0.15) is 44.1 Å². The Hall–Kier alpha value is -0.910. The Morgan fingerprint density at radius 3 is 2.40 bits per heavy atom. The van der Waals surface area contributed by atoms with Crippen molar-refractivity contribution in [2.45, 2.75) is 44.1 Å². The van der Waals surface area contributed by atoms with Crippen molar-refractivity contribution >= 4 is 10.0 Å². The van der Waals surface area contributed by atoms with Gasteiger partial charge < -0.3 is 5.73 Å². The molecule has 2 rings (SSSR count). The first-order valence-electron chi connectivity index (χ1n) is 7.23. The van der Waals surface area contributed by atoms with Gasteiger partial charge in [0, 0.05) is 12.1 Å². The van der Waals surface area contributed by atoms with Crippen LogP contribution in [0.5, 0.6) is 0 Å². The van der Waals surface area contributed by atoms with Crippen molar-refractivity contribution in [2.75, 3.05) is 12.3 Å². The molecule has 4 nitrogen and oxygen atoms in total. The van der Waals surface area contributed by atoms with Crippen LogP contribution in [0.15, 0.2) is 30.3 Å². The molecule has 3 N–H and O–H groups in total. The van der Waals surface area contributed by atoms with Crippen LogP contribution in [0.25, 0.3) is 0 Å². The van der Waals surface area contributed by atoms with Crippen molar-refractivity contribution in [3.63, 3.8) is 0 Å². The lowest BCUT2D eigenvalue weighted by molar-refractivity contribution is 0.399. The zero-order valence-corrected chi connectivity index (χ0v) is 12.8. The first kappa shape index (κ1) is 15.5. The number of benzene rings is 1. The topological polar surface area (TPSA) is 72.2 Å². The molecule has 0 spiro atoms. The fourth-order valence-electron chi connectivity index (χ4n) is 2.98. The third-order valence-electron chi connectivity index (χ3n) is 4.16. The quantitative estimate of drug-likeness (QED) is 0.843. The van der Waals surface area contributed by atoms with Gasteiger partial charge in [0.25, 0.3) is 0 Å². The molecule has 0 aliphatic heterocycles. The number of rotatable bonds is 6. The average molecular weight is 296 g/mol. The molecule has 112 valence electrons. The molecule has 1 saturated carbocycles. The monoisotopic (exact) mass is 296 g/mol. The molecule has 0 heterocycles. The Labute approximate surface area is 121 Å². The van der Waals surface area contributed by atoms with Gasteiger partial charge in [-0.1, -0.05) is 50.1 Å². The molecule has 0 amide bonds. The highest BCUT2D eigenvalue weighted by Gasteiger charge is 2.36. The summed E-state index contributed by atoms with van der Waals surface area (Å²) in [5.74, 6) is 0.0867. The zero-order valence-electron chi connectivity index (χ0n) is 12.0. The maximum absolute atomic E-state index is 12.4. The van der Waals surface area contributed by atoms with Gasteiger partial charge in [-0.2, -0.15) is 0 Å². The standard InChI is InChI=1S/C15H24N2O2S/c1-13(14-7-3-2-4-8-14)11-20(18,19)17-15(12-16)9-5-6-10-15/h2-4,7-8,13,17H,5-6,9-12,16H2,1H3. The summed E-state index contributed by atoms with van der Waals surface area (Å²) in [4.78, 5) is 0. The second-order valence-corrected chi connectivity index (χ2v) is 7.65. The Kier molecular flexibility index (Phi) is 4.83. The van der Waals surface area contributed by atoms with Crippen LogP contribution in [0.4, 0.5) is 0 Å². The summed E-state index contributed by atoms with van der Waals surface area (Å²) >= 11 is 0. The fraction of sp³-hybridized carbons (Fsp3) is 0.600. The predicted octanol–water partition coefficient (Wildman–Crippen LogP) is 1.98. The van der Waals surface area contributed by atoms with E-state index in [1.807, 2.05) is 37.3 Å². The Bertz CT molecular complexity index is 522. The van der Waals surface area contributed by atoms with E-state index in [-0.39, 0.29) is 11.7 Å².